The highest BCUT2D eigenvalue weighted by Gasteiger charge is 2.41. The van der Waals surface area contributed by atoms with Crippen LogP contribution in [0.1, 0.15) is 25.0 Å². The maximum Gasteiger partial charge on any atom is 0.207 e. The van der Waals surface area contributed by atoms with Crippen molar-refractivity contribution in [1.29, 1.82) is 0 Å². The standard InChI is InChI=1S/C25H33BrO8/c1-12-10-13-15(19(29-4)23(33-8)21(31-6)17(13)26)16-14(11-25(12,2)27)18(28-3)22(32-7)24(34-9)20(16)30-5/h12,27H,10-11H2,1-9H3/t12-,25-/m0/s1. The van der Waals surface area contributed by atoms with Crippen molar-refractivity contribution >= 4 is 15.9 Å². The van der Waals surface area contributed by atoms with E-state index in [0.29, 0.717) is 62.3 Å². The molecule has 1 aliphatic carbocycles. The van der Waals surface area contributed by atoms with Crippen molar-refractivity contribution in [2.24, 2.45) is 5.92 Å². The molecule has 2 aromatic rings. The lowest BCUT2D eigenvalue weighted by Gasteiger charge is -2.37. The van der Waals surface area contributed by atoms with Crippen LogP contribution in [-0.2, 0) is 12.8 Å². The number of rotatable bonds is 7. The van der Waals surface area contributed by atoms with Crippen molar-refractivity contribution in [3.05, 3.63) is 15.6 Å². The van der Waals surface area contributed by atoms with Crippen LogP contribution in [0.25, 0.3) is 11.1 Å². The van der Waals surface area contributed by atoms with Crippen LogP contribution in [0.15, 0.2) is 4.47 Å². The molecule has 0 saturated carbocycles. The van der Waals surface area contributed by atoms with Gasteiger partial charge in [0.15, 0.2) is 23.0 Å². The summed E-state index contributed by atoms with van der Waals surface area (Å²) in [5.74, 6) is 2.89. The predicted molar refractivity (Wildman–Crippen MR) is 133 cm³/mol. The topological polar surface area (TPSA) is 84.8 Å². The summed E-state index contributed by atoms with van der Waals surface area (Å²) in [7, 11) is 10.9. The highest BCUT2D eigenvalue weighted by Crippen LogP contribution is 2.61. The highest BCUT2D eigenvalue weighted by molar-refractivity contribution is 9.10. The first-order valence-corrected chi connectivity index (χ1v) is 11.6. The van der Waals surface area contributed by atoms with E-state index < -0.39 is 5.60 Å². The van der Waals surface area contributed by atoms with Gasteiger partial charge in [-0.05, 0) is 40.8 Å². The van der Waals surface area contributed by atoms with Gasteiger partial charge < -0.3 is 38.3 Å². The van der Waals surface area contributed by atoms with Crippen LogP contribution in [0.4, 0.5) is 0 Å². The van der Waals surface area contributed by atoms with Crippen molar-refractivity contribution in [1.82, 2.24) is 0 Å². The Balaban J connectivity index is 2.69. The van der Waals surface area contributed by atoms with Crippen molar-refractivity contribution in [3.63, 3.8) is 0 Å². The molecule has 0 amide bonds. The molecule has 0 unspecified atom stereocenters. The van der Waals surface area contributed by atoms with E-state index in [-0.39, 0.29) is 12.3 Å². The number of fused-ring (bicyclic) bond motifs is 3. The fourth-order valence-electron chi connectivity index (χ4n) is 4.70. The largest absolute Gasteiger partial charge is 0.492 e. The summed E-state index contributed by atoms with van der Waals surface area (Å²) in [4.78, 5) is 0. The molecule has 9 heteroatoms. The molecule has 2 atom stereocenters. The molecule has 0 aliphatic heterocycles. The molecular weight excluding hydrogens is 508 g/mol. The van der Waals surface area contributed by atoms with Gasteiger partial charge in [0.25, 0.3) is 0 Å². The van der Waals surface area contributed by atoms with E-state index in [4.69, 9.17) is 33.2 Å². The van der Waals surface area contributed by atoms with E-state index in [2.05, 4.69) is 15.9 Å². The van der Waals surface area contributed by atoms with Gasteiger partial charge in [-0.1, -0.05) is 6.92 Å². The van der Waals surface area contributed by atoms with E-state index in [1.54, 1.807) is 35.5 Å². The number of ether oxygens (including phenoxy) is 7. The quantitative estimate of drug-likeness (QED) is 0.542. The van der Waals surface area contributed by atoms with Crippen LogP contribution in [0.3, 0.4) is 0 Å². The second-order valence-corrected chi connectivity index (χ2v) is 9.19. The average Bonchev–Trinajstić information content (AvgIpc) is 2.82. The minimum atomic E-state index is -1.08. The van der Waals surface area contributed by atoms with E-state index in [1.807, 2.05) is 13.8 Å². The molecule has 0 saturated heterocycles. The Bertz CT molecular complexity index is 1080. The van der Waals surface area contributed by atoms with Gasteiger partial charge in [0.05, 0.1) is 59.8 Å². The molecule has 0 radical (unpaired) electrons. The number of aliphatic hydroxyl groups is 1. The first-order chi connectivity index (χ1) is 16.2. The number of methoxy groups -OCH3 is 7. The molecule has 8 nitrogen and oxygen atoms in total. The Labute approximate surface area is 209 Å². The van der Waals surface area contributed by atoms with Crippen molar-refractivity contribution < 1.29 is 38.3 Å². The van der Waals surface area contributed by atoms with Crippen molar-refractivity contribution in [2.45, 2.75) is 32.3 Å². The number of halogens is 1. The minimum Gasteiger partial charge on any atom is -0.492 e. The van der Waals surface area contributed by atoms with Gasteiger partial charge in [-0.3, -0.25) is 0 Å². The second-order valence-electron chi connectivity index (χ2n) is 8.39. The van der Waals surface area contributed by atoms with Crippen LogP contribution < -0.4 is 33.2 Å². The lowest BCUT2D eigenvalue weighted by molar-refractivity contribution is 0.00572. The predicted octanol–water partition coefficient (Wildman–Crippen LogP) is 4.66. The number of hydrogen-bond donors (Lipinski definition) is 1. The number of hydrogen-bond acceptors (Lipinski definition) is 8. The molecule has 188 valence electrons. The molecule has 3 rings (SSSR count). The SMILES string of the molecule is COc1c(Br)c2c(c(OC)c1OC)-c1c(c(OC)c(OC)c(OC)c1OC)C[C@](C)(O)[C@@H](C)C2. The van der Waals surface area contributed by atoms with E-state index in [0.717, 1.165) is 11.1 Å². The van der Waals surface area contributed by atoms with Gasteiger partial charge in [-0.15, -0.1) is 0 Å². The molecule has 1 N–H and O–H groups in total. The Morgan fingerprint density at radius 3 is 1.47 bits per heavy atom. The van der Waals surface area contributed by atoms with Crippen molar-refractivity contribution in [2.75, 3.05) is 49.8 Å². The third-order valence-corrected chi connectivity index (χ3v) is 7.45. The summed E-state index contributed by atoms with van der Waals surface area (Å²) < 4.78 is 41.2. The van der Waals surface area contributed by atoms with Crippen LogP contribution >= 0.6 is 15.9 Å². The van der Waals surface area contributed by atoms with E-state index in [9.17, 15) is 5.11 Å². The van der Waals surface area contributed by atoms with Gasteiger partial charge in [-0.25, -0.2) is 0 Å². The third kappa shape index (κ3) is 3.88. The molecular formula is C25H33BrO8. The van der Waals surface area contributed by atoms with Crippen molar-refractivity contribution in [3.8, 4) is 51.4 Å². The smallest absolute Gasteiger partial charge is 0.207 e. The Morgan fingerprint density at radius 2 is 1.03 bits per heavy atom. The molecule has 0 bridgehead atoms. The zero-order valence-electron chi connectivity index (χ0n) is 21.2. The maximum atomic E-state index is 11.6. The Morgan fingerprint density at radius 1 is 0.647 bits per heavy atom. The zero-order chi connectivity index (χ0) is 25.4. The average molecular weight is 541 g/mol. The van der Waals surface area contributed by atoms with Crippen LogP contribution in [-0.4, -0.2) is 60.5 Å². The summed E-state index contributed by atoms with van der Waals surface area (Å²) in [6.07, 6.45) is 0.802. The van der Waals surface area contributed by atoms with Gasteiger partial charge in [0, 0.05) is 23.1 Å². The lowest BCUT2D eigenvalue weighted by atomic mass is 9.74. The van der Waals surface area contributed by atoms with Crippen LogP contribution in [0, 0.1) is 5.92 Å². The fraction of sp³-hybridized carbons (Fsp3) is 0.520. The normalized spacial score (nSPS) is 19.2. The Hall–Kier alpha value is -2.52. The molecule has 0 fully saturated rings. The summed E-state index contributed by atoms with van der Waals surface area (Å²) in [6.45, 7) is 3.83. The second kappa shape index (κ2) is 10.00. The van der Waals surface area contributed by atoms with Gasteiger partial charge in [-0.2, -0.15) is 0 Å². The summed E-state index contributed by atoms with van der Waals surface area (Å²) >= 11 is 3.73. The first-order valence-electron chi connectivity index (χ1n) is 10.8. The summed E-state index contributed by atoms with van der Waals surface area (Å²) in [6, 6.07) is 0. The van der Waals surface area contributed by atoms with Gasteiger partial charge in [0.1, 0.15) is 0 Å². The molecule has 1 aliphatic rings. The van der Waals surface area contributed by atoms with Crippen LogP contribution in [0.2, 0.25) is 0 Å². The lowest BCUT2D eigenvalue weighted by Crippen LogP contribution is -2.38. The molecule has 0 aromatic heterocycles. The number of benzene rings is 2. The maximum absolute atomic E-state index is 11.6. The summed E-state index contributed by atoms with van der Waals surface area (Å²) in [5.41, 5.74) is 1.89. The summed E-state index contributed by atoms with van der Waals surface area (Å²) in [5, 5.41) is 11.6. The molecule has 0 spiro atoms. The third-order valence-electron chi connectivity index (χ3n) is 6.61. The van der Waals surface area contributed by atoms with E-state index in [1.165, 1.54) is 14.2 Å². The Kier molecular flexibility index (Phi) is 7.67. The molecule has 0 heterocycles. The van der Waals surface area contributed by atoms with Gasteiger partial charge in [0.2, 0.25) is 17.2 Å². The van der Waals surface area contributed by atoms with E-state index >= 15 is 0 Å². The fourth-order valence-corrected chi connectivity index (χ4v) is 5.40. The van der Waals surface area contributed by atoms with Crippen LogP contribution in [0.5, 0.6) is 40.2 Å². The minimum absolute atomic E-state index is 0.137. The molecule has 2 aromatic carbocycles. The first kappa shape index (κ1) is 26.1. The zero-order valence-corrected chi connectivity index (χ0v) is 22.8. The monoisotopic (exact) mass is 540 g/mol. The highest BCUT2D eigenvalue weighted by atomic mass is 79.9. The molecule has 34 heavy (non-hydrogen) atoms. The van der Waals surface area contributed by atoms with Gasteiger partial charge >= 0.3 is 0 Å².